The van der Waals surface area contributed by atoms with Gasteiger partial charge in [0.05, 0.1) is 0 Å². The van der Waals surface area contributed by atoms with Crippen molar-refractivity contribution in [2.75, 3.05) is 0 Å². The number of hydrogen-bond donors (Lipinski definition) is 3. The molecule has 0 heterocycles. The highest BCUT2D eigenvalue weighted by Crippen LogP contribution is 2.44. The molecule has 0 aliphatic heterocycles. The standard InChI is InChI=1S/C37H72O3.C36H70O4.CH4/c1-4-6-8-10-12-14-20-26-32-37(31-25-19-13-11-9-7-5-2,33-27-21-15-17-23-29-35(3)38)34-28-22-16-18-24-30-36(39)40;1-3-5-7-9-11-13-19-25-31-36(30-24-18-12-10-8-6-4-2,32-26-20-14-16-22-28-34(37)38)33-27-21-15-17-23-29-35(39)40;/h4-34H2,1-3H3,(H,39,40);3-33H2,1-2H3,(H,37,38)(H,39,40);1H4. The van der Waals surface area contributed by atoms with Crippen LogP contribution in [0.15, 0.2) is 0 Å². The van der Waals surface area contributed by atoms with Crippen molar-refractivity contribution in [2.45, 2.75) is 440 Å². The highest BCUT2D eigenvalue weighted by atomic mass is 16.4. The van der Waals surface area contributed by atoms with E-state index in [1.807, 2.05) is 0 Å². The molecule has 81 heavy (non-hydrogen) atoms. The van der Waals surface area contributed by atoms with Crippen molar-refractivity contribution in [1.29, 1.82) is 0 Å². The summed E-state index contributed by atoms with van der Waals surface area (Å²) in [6.07, 6.45) is 77.5. The van der Waals surface area contributed by atoms with Gasteiger partial charge in [0.2, 0.25) is 0 Å². The smallest absolute Gasteiger partial charge is 0.303 e. The lowest BCUT2D eigenvalue weighted by Gasteiger charge is -2.35. The van der Waals surface area contributed by atoms with Gasteiger partial charge in [-0.05, 0) is 94.8 Å². The number of carbonyl (C=O) groups excluding carboxylic acids is 1. The number of unbranched alkanes of at least 4 members (excludes halogenated alkanes) is 42. The number of Topliss-reactive ketones (excluding diaryl/α,β-unsaturated/α-hetero) is 1. The van der Waals surface area contributed by atoms with Gasteiger partial charge in [-0.1, -0.05) is 330 Å². The van der Waals surface area contributed by atoms with E-state index in [1.54, 1.807) is 6.92 Å². The van der Waals surface area contributed by atoms with Crippen LogP contribution in [0.25, 0.3) is 0 Å². The lowest BCUT2D eigenvalue weighted by molar-refractivity contribution is -0.138. The first-order chi connectivity index (χ1) is 38.9. The Hall–Kier alpha value is -1.92. The average Bonchev–Trinajstić information content (AvgIpc) is 3.43. The summed E-state index contributed by atoms with van der Waals surface area (Å²) in [4.78, 5) is 43.7. The summed E-state index contributed by atoms with van der Waals surface area (Å²) in [5, 5.41) is 26.7. The van der Waals surface area contributed by atoms with E-state index in [0.29, 0.717) is 35.9 Å². The van der Waals surface area contributed by atoms with Crippen LogP contribution >= 0.6 is 0 Å². The van der Waals surface area contributed by atoms with Crippen LogP contribution in [0.3, 0.4) is 0 Å². The molecular formula is C74H146O7. The van der Waals surface area contributed by atoms with Gasteiger partial charge >= 0.3 is 17.9 Å². The molecule has 7 nitrogen and oxygen atoms in total. The Morgan fingerprint density at radius 1 is 0.222 bits per heavy atom. The van der Waals surface area contributed by atoms with E-state index in [0.717, 1.165) is 51.4 Å². The summed E-state index contributed by atoms with van der Waals surface area (Å²) in [7, 11) is 0. The van der Waals surface area contributed by atoms with E-state index in [-0.39, 0.29) is 7.43 Å². The zero-order chi connectivity index (χ0) is 59.2. The van der Waals surface area contributed by atoms with E-state index < -0.39 is 17.9 Å². The van der Waals surface area contributed by atoms with Crippen LogP contribution in [0.5, 0.6) is 0 Å². The maximum atomic E-state index is 11.3. The second-order valence-electron chi connectivity index (χ2n) is 26.1. The molecule has 0 rings (SSSR count). The van der Waals surface area contributed by atoms with Crippen LogP contribution < -0.4 is 0 Å². The number of hydrogen-bond acceptors (Lipinski definition) is 4. The fourth-order valence-corrected chi connectivity index (χ4v) is 13.0. The van der Waals surface area contributed by atoms with E-state index in [2.05, 4.69) is 27.7 Å². The molecule has 484 valence electrons. The van der Waals surface area contributed by atoms with Crippen LogP contribution in [0.2, 0.25) is 0 Å². The Bertz CT molecular complexity index is 1160. The molecule has 0 spiro atoms. The van der Waals surface area contributed by atoms with Crippen LogP contribution in [0.1, 0.15) is 440 Å². The summed E-state index contributed by atoms with van der Waals surface area (Å²) in [6.45, 7) is 10.9. The summed E-state index contributed by atoms with van der Waals surface area (Å²) < 4.78 is 0. The summed E-state index contributed by atoms with van der Waals surface area (Å²) in [5.41, 5.74) is 1.000. The van der Waals surface area contributed by atoms with Gasteiger partial charge in [0, 0.05) is 25.7 Å². The predicted molar refractivity (Wildman–Crippen MR) is 354 cm³/mol. The Morgan fingerprint density at radius 3 is 0.506 bits per heavy atom. The van der Waals surface area contributed by atoms with Gasteiger partial charge in [-0.15, -0.1) is 0 Å². The van der Waals surface area contributed by atoms with Crippen LogP contribution in [-0.2, 0) is 19.2 Å². The number of ketones is 1. The second-order valence-corrected chi connectivity index (χ2v) is 26.1. The first-order valence-corrected chi connectivity index (χ1v) is 36.1. The first kappa shape index (κ1) is 83.3. The Kier molecular flexibility index (Phi) is 67.5. The third kappa shape index (κ3) is 63.9. The Morgan fingerprint density at radius 2 is 0.358 bits per heavy atom. The van der Waals surface area contributed by atoms with Crippen molar-refractivity contribution in [3.8, 4) is 0 Å². The SMILES string of the molecule is C.CCCCCCCCCCC(CCCCCCCCC)(CCCCCCCC(=O)O)CCCCCCCC(=O)O.CCCCCCCCCCC(CCCCCCCCC)(CCCCCCCC(C)=O)CCCCCCCC(=O)O. The van der Waals surface area contributed by atoms with E-state index >= 15 is 0 Å². The molecular weight excluding hydrogens is 1000 g/mol. The van der Waals surface area contributed by atoms with E-state index in [9.17, 15) is 19.2 Å². The molecule has 3 N–H and O–H groups in total. The van der Waals surface area contributed by atoms with Crippen molar-refractivity contribution in [2.24, 2.45) is 10.8 Å². The molecule has 0 aromatic carbocycles. The minimum absolute atomic E-state index is 0. The van der Waals surface area contributed by atoms with Crippen molar-refractivity contribution in [3.05, 3.63) is 0 Å². The average molecular weight is 1150 g/mol. The molecule has 0 aliphatic carbocycles. The minimum Gasteiger partial charge on any atom is -0.481 e. The van der Waals surface area contributed by atoms with Gasteiger partial charge in [-0.25, -0.2) is 0 Å². The molecule has 0 saturated heterocycles. The fraction of sp³-hybridized carbons (Fsp3) is 0.946. The molecule has 1 atom stereocenters. The lowest BCUT2D eigenvalue weighted by atomic mass is 9.70. The van der Waals surface area contributed by atoms with Crippen molar-refractivity contribution in [3.63, 3.8) is 0 Å². The first-order valence-electron chi connectivity index (χ1n) is 36.1. The minimum atomic E-state index is -0.665. The normalized spacial score (nSPS) is 12.2. The molecule has 0 radical (unpaired) electrons. The molecule has 0 amide bonds. The molecule has 0 aromatic rings. The van der Waals surface area contributed by atoms with Gasteiger partial charge in [0.1, 0.15) is 5.78 Å². The molecule has 0 bridgehead atoms. The maximum absolute atomic E-state index is 11.3. The number of aliphatic carboxylic acids is 3. The highest BCUT2D eigenvalue weighted by molar-refractivity contribution is 5.75. The molecule has 1 unspecified atom stereocenters. The van der Waals surface area contributed by atoms with E-state index in [1.165, 1.54) is 327 Å². The topological polar surface area (TPSA) is 129 Å². The zero-order valence-electron chi connectivity index (χ0n) is 54.8. The van der Waals surface area contributed by atoms with Gasteiger partial charge < -0.3 is 20.1 Å². The van der Waals surface area contributed by atoms with Crippen molar-refractivity contribution < 1.29 is 34.5 Å². The van der Waals surface area contributed by atoms with Gasteiger partial charge in [0.25, 0.3) is 0 Å². The number of carboxylic acids is 3. The lowest BCUT2D eigenvalue weighted by Crippen LogP contribution is -2.21. The van der Waals surface area contributed by atoms with Crippen LogP contribution in [0, 0.1) is 10.8 Å². The van der Waals surface area contributed by atoms with Crippen LogP contribution in [-0.4, -0.2) is 39.0 Å². The number of carbonyl (C=O) groups is 4. The fourth-order valence-electron chi connectivity index (χ4n) is 13.0. The zero-order valence-corrected chi connectivity index (χ0v) is 54.8. The third-order valence-electron chi connectivity index (χ3n) is 18.3. The van der Waals surface area contributed by atoms with E-state index in [4.69, 9.17) is 15.3 Å². The van der Waals surface area contributed by atoms with Crippen molar-refractivity contribution >= 4 is 23.7 Å². The van der Waals surface area contributed by atoms with Gasteiger partial charge in [-0.2, -0.15) is 0 Å². The summed E-state index contributed by atoms with van der Waals surface area (Å²) in [6, 6.07) is 0. The number of rotatable bonds is 66. The number of carboxylic acid groups (broad SMARTS) is 3. The largest absolute Gasteiger partial charge is 0.481 e. The molecule has 0 aromatic heterocycles. The monoisotopic (exact) mass is 1150 g/mol. The summed E-state index contributed by atoms with van der Waals surface area (Å²) in [5.74, 6) is -1.65. The molecule has 0 saturated carbocycles. The van der Waals surface area contributed by atoms with Crippen LogP contribution in [0.4, 0.5) is 0 Å². The summed E-state index contributed by atoms with van der Waals surface area (Å²) >= 11 is 0. The molecule has 0 aliphatic rings. The quantitative estimate of drug-likeness (QED) is 0.0517. The highest BCUT2D eigenvalue weighted by Gasteiger charge is 2.29. The van der Waals surface area contributed by atoms with Crippen molar-refractivity contribution in [1.82, 2.24) is 0 Å². The molecule has 0 fully saturated rings. The third-order valence-corrected chi connectivity index (χ3v) is 18.3. The maximum Gasteiger partial charge on any atom is 0.303 e. The Labute approximate surface area is 506 Å². The molecule has 7 heteroatoms. The predicted octanol–water partition coefficient (Wildman–Crippen LogP) is 25.7. The Balaban J connectivity index is -0.00000148. The second kappa shape index (κ2) is 65.6. The van der Waals surface area contributed by atoms with Gasteiger partial charge in [-0.3, -0.25) is 14.4 Å². The van der Waals surface area contributed by atoms with Gasteiger partial charge in [0.15, 0.2) is 0 Å².